The van der Waals surface area contributed by atoms with Crippen molar-refractivity contribution in [3.8, 4) is 5.75 Å². The highest BCUT2D eigenvalue weighted by atomic mass is 35.5. The maximum atomic E-state index is 14.3. The normalized spacial score (nSPS) is 29.6. The Morgan fingerprint density at radius 1 is 1.29 bits per heavy atom. The van der Waals surface area contributed by atoms with Gasteiger partial charge in [-0.15, -0.1) is 12.4 Å². The monoisotopic (exact) mass is 358 g/mol. The number of alkyl halides is 1. The molecule has 0 bridgehead atoms. The van der Waals surface area contributed by atoms with Crippen LogP contribution in [0, 0.1) is 0 Å². The lowest BCUT2D eigenvalue weighted by Gasteiger charge is -2.28. The van der Waals surface area contributed by atoms with Gasteiger partial charge in [0.25, 0.3) is 5.91 Å². The van der Waals surface area contributed by atoms with Gasteiger partial charge in [0.05, 0.1) is 6.10 Å². The zero-order chi connectivity index (χ0) is 16.3. The zero-order valence-corrected chi connectivity index (χ0v) is 14.3. The number of rotatable bonds is 4. The van der Waals surface area contributed by atoms with E-state index in [9.17, 15) is 14.3 Å². The van der Waals surface area contributed by atoms with Crippen molar-refractivity contribution in [3.63, 3.8) is 0 Å². The van der Waals surface area contributed by atoms with Crippen LogP contribution in [-0.4, -0.2) is 42.0 Å². The number of aliphatic hydroxyl groups is 1. The van der Waals surface area contributed by atoms with Gasteiger partial charge in [-0.2, -0.15) is 0 Å². The second-order valence-corrected chi connectivity index (χ2v) is 6.38. The lowest BCUT2D eigenvalue weighted by atomic mass is 9.95. The molecule has 1 aromatic carbocycles. The van der Waals surface area contributed by atoms with Gasteiger partial charge in [0.2, 0.25) is 5.67 Å². The first-order chi connectivity index (χ1) is 11.1. The van der Waals surface area contributed by atoms with Crippen LogP contribution in [0.3, 0.4) is 0 Å². The molecule has 1 aliphatic carbocycles. The highest BCUT2D eigenvalue weighted by molar-refractivity contribution is 5.97. The summed E-state index contributed by atoms with van der Waals surface area (Å²) >= 11 is 0. The van der Waals surface area contributed by atoms with Gasteiger partial charge in [0, 0.05) is 18.7 Å². The van der Waals surface area contributed by atoms with E-state index >= 15 is 0 Å². The van der Waals surface area contributed by atoms with Gasteiger partial charge >= 0.3 is 0 Å². The number of carbonyl (C=O) groups is 1. The first-order valence-corrected chi connectivity index (χ1v) is 8.23. The Labute approximate surface area is 147 Å². The van der Waals surface area contributed by atoms with Crippen molar-refractivity contribution in [1.82, 2.24) is 5.32 Å². The van der Waals surface area contributed by atoms with E-state index in [1.807, 2.05) is 0 Å². The second kappa shape index (κ2) is 8.14. The molecule has 5 nitrogen and oxygen atoms in total. The Morgan fingerprint density at radius 3 is 2.62 bits per heavy atom. The summed E-state index contributed by atoms with van der Waals surface area (Å²) in [4.78, 5) is 12.0. The number of aliphatic hydroxyl groups excluding tert-OH is 1. The third-order valence-corrected chi connectivity index (χ3v) is 4.58. The Kier molecular flexibility index (Phi) is 6.43. The molecule has 1 amide bonds. The van der Waals surface area contributed by atoms with Crippen molar-refractivity contribution in [3.05, 3.63) is 24.3 Å². The largest absolute Gasteiger partial charge is 0.488 e. The van der Waals surface area contributed by atoms with E-state index in [-0.39, 0.29) is 31.5 Å². The predicted octanol–water partition coefficient (Wildman–Crippen LogP) is 2.43. The van der Waals surface area contributed by atoms with Crippen molar-refractivity contribution in [2.75, 3.05) is 18.4 Å². The standard InChI is InChI=1S/C17H23FN2O3.ClH/c18-17(9-10-19-11-17)16(22)20-12-5-7-13(8-6-12)23-15-4-2-1-3-14(15)21;/h5-8,14-15,19,21H,1-4,9-11H2,(H,20,22);1H. The van der Waals surface area contributed by atoms with Crippen molar-refractivity contribution in [1.29, 1.82) is 0 Å². The topological polar surface area (TPSA) is 70.6 Å². The molecule has 3 unspecified atom stereocenters. The van der Waals surface area contributed by atoms with Gasteiger partial charge in [0.1, 0.15) is 11.9 Å². The minimum absolute atomic E-state index is 0. The van der Waals surface area contributed by atoms with Crippen LogP contribution in [0.15, 0.2) is 24.3 Å². The lowest BCUT2D eigenvalue weighted by Crippen LogP contribution is -2.40. The highest BCUT2D eigenvalue weighted by Gasteiger charge is 2.41. The maximum absolute atomic E-state index is 14.3. The molecule has 0 radical (unpaired) electrons. The first-order valence-electron chi connectivity index (χ1n) is 8.23. The molecule has 134 valence electrons. The quantitative estimate of drug-likeness (QED) is 0.773. The van der Waals surface area contributed by atoms with Gasteiger partial charge in [-0.1, -0.05) is 6.42 Å². The van der Waals surface area contributed by atoms with Gasteiger partial charge in [-0.05, 0) is 50.1 Å². The third-order valence-electron chi connectivity index (χ3n) is 4.58. The van der Waals surface area contributed by atoms with E-state index in [0.717, 1.165) is 25.7 Å². The van der Waals surface area contributed by atoms with E-state index in [1.54, 1.807) is 24.3 Å². The number of benzene rings is 1. The number of carbonyl (C=O) groups excluding carboxylic acids is 1. The summed E-state index contributed by atoms with van der Waals surface area (Å²) in [5.41, 5.74) is -1.29. The fraction of sp³-hybridized carbons (Fsp3) is 0.588. The Morgan fingerprint density at radius 2 is 2.00 bits per heavy atom. The molecule has 7 heteroatoms. The van der Waals surface area contributed by atoms with Crippen LogP contribution in [0.1, 0.15) is 32.1 Å². The summed E-state index contributed by atoms with van der Waals surface area (Å²) in [6.07, 6.45) is 3.29. The second-order valence-electron chi connectivity index (χ2n) is 6.38. The average Bonchev–Trinajstić information content (AvgIpc) is 3.00. The Balaban J connectivity index is 0.00000208. The fourth-order valence-corrected chi connectivity index (χ4v) is 3.10. The number of nitrogens with one attached hydrogen (secondary N) is 2. The van der Waals surface area contributed by atoms with Crippen LogP contribution in [0.25, 0.3) is 0 Å². The molecule has 24 heavy (non-hydrogen) atoms. The van der Waals surface area contributed by atoms with Gasteiger partial charge in [0.15, 0.2) is 0 Å². The third kappa shape index (κ3) is 4.37. The summed E-state index contributed by atoms with van der Waals surface area (Å²) in [5.74, 6) is 0.0327. The maximum Gasteiger partial charge on any atom is 0.263 e. The van der Waals surface area contributed by atoms with Gasteiger partial charge in [-0.3, -0.25) is 4.79 Å². The molecule has 1 saturated heterocycles. The van der Waals surface area contributed by atoms with E-state index in [1.165, 1.54) is 0 Å². The molecular formula is C17H24ClFN2O3. The number of amides is 1. The van der Waals surface area contributed by atoms with Crippen molar-refractivity contribution in [2.45, 2.75) is 50.0 Å². The minimum Gasteiger partial charge on any atom is -0.488 e. The van der Waals surface area contributed by atoms with Crippen LogP contribution >= 0.6 is 12.4 Å². The summed E-state index contributed by atoms with van der Waals surface area (Å²) in [6.45, 7) is 0.569. The molecule has 1 aromatic rings. The van der Waals surface area contributed by atoms with Crippen LogP contribution in [0.5, 0.6) is 5.75 Å². The van der Waals surface area contributed by atoms with E-state index in [4.69, 9.17) is 4.74 Å². The number of anilines is 1. The molecular weight excluding hydrogens is 335 g/mol. The van der Waals surface area contributed by atoms with E-state index in [2.05, 4.69) is 10.6 Å². The fourth-order valence-electron chi connectivity index (χ4n) is 3.10. The molecule has 2 aliphatic rings. The number of ether oxygens (including phenoxy) is 1. The van der Waals surface area contributed by atoms with E-state index < -0.39 is 17.7 Å². The molecule has 3 N–H and O–H groups in total. The van der Waals surface area contributed by atoms with Crippen molar-refractivity contribution < 1.29 is 19.0 Å². The van der Waals surface area contributed by atoms with Crippen LogP contribution in [0.2, 0.25) is 0 Å². The molecule has 1 aliphatic heterocycles. The van der Waals surface area contributed by atoms with Crippen LogP contribution in [-0.2, 0) is 4.79 Å². The van der Waals surface area contributed by atoms with E-state index in [0.29, 0.717) is 18.0 Å². The Bertz CT molecular complexity index is 549. The summed E-state index contributed by atoms with van der Waals surface area (Å²) < 4.78 is 20.1. The minimum atomic E-state index is -1.83. The molecule has 1 heterocycles. The number of hydrogen-bond donors (Lipinski definition) is 3. The van der Waals surface area contributed by atoms with Crippen LogP contribution < -0.4 is 15.4 Å². The first kappa shape index (κ1) is 19.0. The molecule has 3 rings (SSSR count). The summed E-state index contributed by atoms with van der Waals surface area (Å²) in [5, 5.41) is 15.4. The zero-order valence-electron chi connectivity index (χ0n) is 13.5. The van der Waals surface area contributed by atoms with Crippen molar-refractivity contribution >= 4 is 24.0 Å². The predicted molar refractivity (Wildman–Crippen MR) is 92.5 cm³/mol. The SMILES string of the molecule is Cl.O=C(Nc1ccc(OC2CCCCC2O)cc1)C1(F)CCNC1. The summed E-state index contributed by atoms with van der Waals surface area (Å²) in [6, 6.07) is 6.84. The number of halogens is 2. The average molecular weight is 359 g/mol. The van der Waals surface area contributed by atoms with Crippen LogP contribution in [0.4, 0.5) is 10.1 Å². The molecule has 1 saturated carbocycles. The lowest BCUT2D eigenvalue weighted by molar-refractivity contribution is -0.126. The molecule has 0 aromatic heterocycles. The Hall–Kier alpha value is -1.37. The summed E-state index contributed by atoms with van der Waals surface area (Å²) in [7, 11) is 0. The number of hydrogen-bond acceptors (Lipinski definition) is 4. The highest BCUT2D eigenvalue weighted by Crippen LogP contribution is 2.26. The smallest absolute Gasteiger partial charge is 0.263 e. The molecule has 3 atom stereocenters. The molecule has 0 spiro atoms. The van der Waals surface area contributed by atoms with Gasteiger partial charge < -0.3 is 20.5 Å². The van der Waals surface area contributed by atoms with Gasteiger partial charge in [-0.25, -0.2) is 4.39 Å². The van der Waals surface area contributed by atoms with Crippen molar-refractivity contribution in [2.24, 2.45) is 0 Å². The molecule has 2 fully saturated rings.